The van der Waals surface area contributed by atoms with Crippen LogP contribution in [0.3, 0.4) is 0 Å². The van der Waals surface area contributed by atoms with Gasteiger partial charge in [-0.15, -0.1) is 0 Å². The molecule has 21 heavy (non-hydrogen) atoms. The predicted octanol–water partition coefficient (Wildman–Crippen LogP) is -0.0790. The molecule has 0 aromatic heterocycles. The van der Waals surface area contributed by atoms with Crippen LogP contribution in [0.4, 0.5) is 4.79 Å². The SMILES string of the molecule is CCNC(=O)NC(C)(C)C(=O)N1CCC(OCCNC)C1. The molecule has 1 aliphatic rings. The van der Waals surface area contributed by atoms with Crippen molar-refractivity contribution >= 4 is 11.9 Å². The van der Waals surface area contributed by atoms with Crippen LogP contribution in [0.25, 0.3) is 0 Å². The largest absolute Gasteiger partial charge is 0.375 e. The number of carbonyl (C=O) groups is 2. The van der Waals surface area contributed by atoms with Gasteiger partial charge < -0.3 is 25.6 Å². The summed E-state index contributed by atoms with van der Waals surface area (Å²) in [6.07, 6.45) is 0.926. The first-order valence-electron chi connectivity index (χ1n) is 7.52. The molecule has 1 atom stereocenters. The van der Waals surface area contributed by atoms with Gasteiger partial charge in [0, 0.05) is 26.2 Å². The Morgan fingerprint density at radius 2 is 2.10 bits per heavy atom. The van der Waals surface area contributed by atoms with E-state index in [0.717, 1.165) is 13.0 Å². The lowest BCUT2D eigenvalue weighted by atomic mass is 10.0. The first kappa shape index (κ1) is 17.7. The van der Waals surface area contributed by atoms with Crippen molar-refractivity contribution in [3.63, 3.8) is 0 Å². The highest BCUT2D eigenvalue weighted by atomic mass is 16.5. The number of nitrogens with one attached hydrogen (secondary N) is 3. The fraction of sp³-hybridized carbons (Fsp3) is 0.857. The Morgan fingerprint density at radius 1 is 1.38 bits per heavy atom. The molecule has 0 radical (unpaired) electrons. The quantitative estimate of drug-likeness (QED) is 0.574. The second-order valence-electron chi connectivity index (χ2n) is 5.75. The molecule has 0 aliphatic carbocycles. The van der Waals surface area contributed by atoms with Gasteiger partial charge in [0.1, 0.15) is 5.54 Å². The third-order valence-corrected chi connectivity index (χ3v) is 3.44. The zero-order valence-electron chi connectivity index (χ0n) is 13.5. The van der Waals surface area contributed by atoms with Crippen LogP contribution in [0.5, 0.6) is 0 Å². The van der Waals surface area contributed by atoms with Crippen LogP contribution in [0.2, 0.25) is 0 Å². The van der Waals surface area contributed by atoms with Gasteiger partial charge in [-0.1, -0.05) is 0 Å². The highest BCUT2D eigenvalue weighted by molar-refractivity contribution is 5.90. The first-order chi connectivity index (χ1) is 9.90. The molecule has 1 heterocycles. The van der Waals surface area contributed by atoms with Gasteiger partial charge in [0.05, 0.1) is 12.7 Å². The predicted molar refractivity (Wildman–Crippen MR) is 81.2 cm³/mol. The van der Waals surface area contributed by atoms with E-state index < -0.39 is 5.54 Å². The minimum Gasteiger partial charge on any atom is -0.375 e. The maximum atomic E-state index is 12.5. The van der Waals surface area contributed by atoms with Crippen LogP contribution in [-0.2, 0) is 9.53 Å². The van der Waals surface area contributed by atoms with E-state index in [1.807, 2.05) is 14.0 Å². The number of likely N-dealkylation sites (tertiary alicyclic amines) is 1. The summed E-state index contributed by atoms with van der Waals surface area (Å²) in [5, 5.41) is 8.37. The van der Waals surface area contributed by atoms with E-state index in [1.165, 1.54) is 0 Å². The van der Waals surface area contributed by atoms with E-state index in [1.54, 1.807) is 18.7 Å². The van der Waals surface area contributed by atoms with Crippen molar-refractivity contribution in [1.82, 2.24) is 20.9 Å². The molecule has 7 nitrogen and oxygen atoms in total. The Kier molecular flexibility index (Phi) is 6.91. The zero-order chi connectivity index (χ0) is 15.9. The summed E-state index contributed by atoms with van der Waals surface area (Å²) in [5.41, 5.74) is -0.918. The average Bonchev–Trinajstić information content (AvgIpc) is 2.86. The highest BCUT2D eigenvalue weighted by Gasteiger charge is 2.37. The Morgan fingerprint density at radius 3 is 2.71 bits per heavy atom. The zero-order valence-corrected chi connectivity index (χ0v) is 13.5. The molecule has 0 aromatic carbocycles. The minimum atomic E-state index is -0.918. The third-order valence-electron chi connectivity index (χ3n) is 3.44. The second-order valence-corrected chi connectivity index (χ2v) is 5.75. The van der Waals surface area contributed by atoms with Crippen molar-refractivity contribution in [2.24, 2.45) is 0 Å². The van der Waals surface area contributed by atoms with Gasteiger partial charge in [0.25, 0.3) is 0 Å². The van der Waals surface area contributed by atoms with Gasteiger partial charge >= 0.3 is 6.03 Å². The lowest BCUT2D eigenvalue weighted by Crippen LogP contribution is -2.57. The standard InChI is InChI=1S/C14H28N4O3/c1-5-16-13(20)17-14(2,3)12(19)18-8-6-11(10-18)21-9-7-15-4/h11,15H,5-10H2,1-4H3,(H2,16,17,20). The molecule has 3 amide bonds. The Labute approximate surface area is 126 Å². The van der Waals surface area contributed by atoms with Crippen molar-refractivity contribution in [3.05, 3.63) is 0 Å². The molecule has 1 unspecified atom stereocenters. The minimum absolute atomic E-state index is 0.0755. The maximum Gasteiger partial charge on any atom is 0.315 e. The van der Waals surface area contributed by atoms with E-state index in [9.17, 15) is 9.59 Å². The number of rotatable bonds is 7. The number of hydrogen-bond acceptors (Lipinski definition) is 4. The van der Waals surface area contributed by atoms with Crippen LogP contribution < -0.4 is 16.0 Å². The summed E-state index contributed by atoms with van der Waals surface area (Å²) >= 11 is 0. The second kappa shape index (κ2) is 8.19. The summed E-state index contributed by atoms with van der Waals surface area (Å²) in [6, 6.07) is -0.322. The maximum absolute atomic E-state index is 12.5. The molecule has 0 saturated carbocycles. The number of nitrogens with zero attached hydrogens (tertiary/aromatic N) is 1. The summed E-state index contributed by atoms with van der Waals surface area (Å²) in [5.74, 6) is -0.0755. The van der Waals surface area contributed by atoms with E-state index in [-0.39, 0.29) is 18.0 Å². The molecule has 122 valence electrons. The third kappa shape index (κ3) is 5.51. The molecular weight excluding hydrogens is 272 g/mol. The number of amides is 3. The van der Waals surface area contributed by atoms with Crippen LogP contribution in [-0.4, -0.2) is 68.3 Å². The van der Waals surface area contributed by atoms with Gasteiger partial charge in [-0.05, 0) is 34.2 Å². The summed E-state index contributed by atoms with van der Waals surface area (Å²) < 4.78 is 5.70. The van der Waals surface area contributed by atoms with Crippen molar-refractivity contribution in [3.8, 4) is 0 Å². The average molecular weight is 300 g/mol. The van der Waals surface area contributed by atoms with E-state index in [0.29, 0.717) is 26.2 Å². The van der Waals surface area contributed by atoms with E-state index in [4.69, 9.17) is 4.74 Å². The topological polar surface area (TPSA) is 82.7 Å². The number of carbonyl (C=O) groups excluding carboxylic acids is 2. The van der Waals surface area contributed by atoms with Crippen LogP contribution in [0.15, 0.2) is 0 Å². The molecule has 0 aromatic rings. The number of ether oxygens (including phenoxy) is 1. The van der Waals surface area contributed by atoms with Crippen molar-refractivity contribution in [2.45, 2.75) is 38.8 Å². The van der Waals surface area contributed by atoms with Gasteiger partial charge in [0.2, 0.25) is 5.91 Å². The van der Waals surface area contributed by atoms with Crippen molar-refractivity contribution < 1.29 is 14.3 Å². The highest BCUT2D eigenvalue weighted by Crippen LogP contribution is 2.17. The van der Waals surface area contributed by atoms with Gasteiger partial charge in [0.15, 0.2) is 0 Å². The van der Waals surface area contributed by atoms with E-state index >= 15 is 0 Å². The van der Waals surface area contributed by atoms with E-state index in [2.05, 4.69) is 16.0 Å². The smallest absolute Gasteiger partial charge is 0.315 e. The molecule has 0 bridgehead atoms. The van der Waals surface area contributed by atoms with Gasteiger partial charge in [-0.3, -0.25) is 4.79 Å². The molecule has 1 fully saturated rings. The fourth-order valence-electron chi connectivity index (χ4n) is 2.31. The molecule has 7 heteroatoms. The van der Waals surface area contributed by atoms with Crippen LogP contribution >= 0.6 is 0 Å². The Hall–Kier alpha value is -1.34. The molecule has 1 rings (SSSR count). The van der Waals surface area contributed by atoms with Gasteiger partial charge in [-0.25, -0.2) is 4.79 Å². The normalized spacial score (nSPS) is 18.7. The van der Waals surface area contributed by atoms with Gasteiger partial charge in [-0.2, -0.15) is 0 Å². The number of urea groups is 1. The monoisotopic (exact) mass is 300 g/mol. The lowest BCUT2D eigenvalue weighted by molar-refractivity contribution is -0.136. The summed E-state index contributed by atoms with van der Waals surface area (Å²) in [4.78, 5) is 25.9. The first-order valence-corrected chi connectivity index (χ1v) is 7.52. The Bertz CT molecular complexity index is 360. The fourth-order valence-corrected chi connectivity index (χ4v) is 2.31. The molecule has 1 aliphatic heterocycles. The molecule has 0 spiro atoms. The number of hydrogen-bond donors (Lipinski definition) is 3. The lowest BCUT2D eigenvalue weighted by Gasteiger charge is -2.30. The molecular formula is C14H28N4O3. The van der Waals surface area contributed by atoms with Crippen LogP contribution in [0, 0.1) is 0 Å². The van der Waals surface area contributed by atoms with Crippen molar-refractivity contribution in [1.29, 1.82) is 0 Å². The molecule has 3 N–H and O–H groups in total. The Balaban J connectivity index is 2.45. The molecule has 1 saturated heterocycles. The van der Waals surface area contributed by atoms with Crippen LogP contribution in [0.1, 0.15) is 27.2 Å². The number of likely N-dealkylation sites (N-methyl/N-ethyl adjacent to an activating group) is 1. The summed E-state index contributed by atoms with van der Waals surface area (Å²) in [6.45, 7) is 8.51. The summed E-state index contributed by atoms with van der Waals surface area (Å²) in [7, 11) is 1.88. The van der Waals surface area contributed by atoms with Crippen molar-refractivity contribution in [2.75, 3.05) is 39.8 Å².